The number of halogens is 2. The Bertz CT molecular complexity index is 1480. The summed E-state index contributed by atoms with van der Waals surface area (Å²) in [6, 6.07) is 16.6. The summed E-state index contributed by atoms with van der Waals surface area (Å²) >= 11 is 9.45. The fraction of sp³-hybridized carbons (Fsp3) is 0.0435. The molecular formula is C23H12BrClN2O5. The maximum atomic E-state index is 13.5. The molecule has 1 aliphatic rings. The van der Waals surface area contributed by atoms with Gasteiger partial charge in [-0.15, -0.1) is 0 Å². The van der Waals surface area contributed by atoms with Crippen molar-refractivity contribution in [2.45, 2.75) is 6.04 Å². The third-order valence-electron chi connectivity index (χ3n) is 5.33. The monoisotopic (exact) mass is 510 g/mol. The van der Waals surface area contributed by atoms with Crippen LogP contribution >= 0.6 is 27.5 Å². The standard InChI is InChI=1S/C23H12BrClN2O5/c24-13-4-7-15(8-5-13)26-20(12-2-1-3-16(10-12)27(30)31)19-21(28)17-11-14(25)6-9-18(17)32-22(19)23(26)29/h1-11,20H. The Labute approximate surface area is 194 Å². The van der Waals surface area contributed by atoms with Crippen LogP contribution in [0.5, 0.6) is 0 Å². The van der Waals surface area contributed by atoms with E-state index in [1.165, 1.54) is 35.2 Å². The first-order chi connectivity index (χ1) is 15.3. The van der Waals surface area contributed by atoms with Gasteiger partial charge in [-0.2, -0.15) is 0 Å². The van der Waals surface area contributed by atoms with Gasteiger partial charge in [0.15, 0.2) is 5.43 Å². The van der Waals surface area contributed by atoms with E-state index in [0.29, 0.717) is 16.3 Å². The Hall–Kier alpha value is -3.49. The molecule has 1 unspecified atom stereocenters. The smallest absolute Gasteiger partial charge is 0.295 e. The number of benzene rings is 3. The zero-order valence-electron chi connectivity index (χ0n) is 16.1. The second kappa shape index (κ2) is 7.58. The lowest BCUT2D eigenvalue weighted by molar-refractivity contribution is -0.384. The minimum Gasteiger partial charge on any atom is -0.450 e. The molecule has 0 aliphatic carbocycles. The summed E-state index contributed by atoms with van der Waals surface area (Å²) in [5, 5.41) is 12.0. The van der Waals surface area contributed by atoms with E-state index in [4.69, 9.17) is 16.0 Å². The highest BCUT2D eigenvalue weighted by Crippen LogP contribution is 2.42. The molecule has 1 atom stereocenters. The minimum atomic E-state index is -0.904. The number of fused-ring (bicyclic) bond motifs is 2. The highest BCUT2D eigenvalue weighted by Gasteiger charge is 2.44. The molecule has 0 N–H and O–H groups in total. The van der Waals surface area contributed by atoms with Gasteiger partial charge in [-0.1, -0.05) is 39.7 Å². The highest BCUT2D eigenvalue weighted by atomic mass is 79.9. The van der Waals surface area contributed by atoms with Crippen molar-refractivity contribution in [3.8, 4) is 0 Å². The fourth-order valence-corrected chi connectivity index (χ4v) is 4.37. The number of nitro groups is 1. The molecule has 0 saturated heterocycles. The van der Waals surface area contributed by atoms with E-state index in [9.17, 15) is 19.7 Å². The van der Waals surface area contributed by atoms with Gasteiger partial charge < -0.3 is 4.42 Å². The molecule has 5 rings (SSSR count). The van der Waals surface area contributed by atoms with E-state index in [1.54, 1.807) is 36.4 Å². The van der Waals surface area contributed by atoms with Gasteiger partial charge in [0, 0.05) is 27.3 Å². The molecule has 1 amide bonds. The van der Waals surface area contributed by atoms with Crippen molar-refractivity contribution in [2.24, 2.45) is 0 Å². The summed E-state index contributed by atoms with van der Waals surface area (Å²) in [6.07, 6.45) is 0. The molecule has 32 heavy (non-hydrogen) atoms. The third kappa shape index (κ3) is 3.19. The number of nitro benzene ring substituents is 1. The van der Waals surface area contributed by atoms with Gasteiger partial charge in [-0.3, -0.25) is 24.6 Å². The lowest BCUT2D eigenvalue weighted by Gasteiger charge is -2.25. The number of non-ortho nitro benzene ring substituents is 1. The van der Waals surface area contributed by atoms with Gasteiger partial charge in [0.2, 0.25) is 5.76 Å². The Morgan fingerprint density at radius 1 is 1.03 bits per heavy atom. The highest BCUT2D eigenvalue weighted by molar-refractivity contribution is 9.10. The van der Waals surface area contributed by atoms with Crippen LogP contribution in [0, 0.1) is 10.1 Å². The molecular weight excluding hydrogens is 500 g/mol. The first kappa shape index (κ1) is 20.4. The van der Waals surface area contributed by atoms with E-state index >= 15 is 0 Å². The number of hydrogen-bond donors (Lipinski definition) is 0. The zero-order chi connectivity index (χ0) is 22.6. The number of hydrogen-bond acceptors (Lipinski definition) is 5. The molecule has 158 valence electrons. The van der Waals surface area contributed by atoms with Crippen molar-refractivity contribution in [3.05, 3.63) is 113 Å². The van der Waals surface area contributed by atoms with Crippen molar-refractivity contribution in [1.82, 2.24) is 0 Å². The van der Waals surface area contributed by atoms with Crippen LogP contribution in [-0.2, 0) is 0 Å². The van der Waals surface area contributed by atoms with E-state index in [2.05, 4.69) is 15.9 Å². The number of rotatable bonds is 3. The molecule has 1 aliphatic heterocycles. The average Bonchev–Trinajstić information content (AvgIpc) is 3.07. The van der Waals surface area contributed by atoms with Crippen LogP contribution in [-0.4, -0.2) is 10.8 Å². The van der Waals surface area contributed by atoms with Gasteiger partial charge >= 0.3 is 0 Å². The molecule has 7 nitrogen and oxygen atoms in total. The van der Waals surface area contributed by atoms with E-state index in [0.717, 1.165) is 4.47 Å². The van der Waals surface area contributed by atoms with Crippen LogP contribution < -0.4 is 10.3 Å². The summed E-state index contributed by atoms with van der Waals surface area (Å²) < 4.78 is 6.68. The number of amides is 1. The SMILES string of the molecule is O=C1c2oc3ccc(Cl)cc3c(=O)c2C(c2cccc([N+](=O)[O-])c2)N1c1ccc(Br)cc1. The van der Waals surface area contributed by atoms with Crippen molar-refractivity contribution in [3.63, 3.8) is 0 Å². The normalized spacial score (nSPS) is 15.2. The van der Waals surface area contributed by atoms with Gasteiger partial charge in [0.05, 0.1) is 21.9 Å². The maximum absolute atomic E-state index is 13.5. The van der Waals surface area contributed by atoms with Crippen molar-refractivity contribution < 1.29 is 14.1 Å². The predicted octanol–water partition coefficient (Wildman–Crippen LogP) is 5.87. The molecule has 0 radical (unpaired) electrons. The molecule has 0 saturated carbocycles. The van der Waals surface area contributed by atoms with Crippen molar-refractivity contribution >= 4 is 55.8 Å². The number of anilines is 1. The van der Waals surface area contributed by atoms with Crippen LogP contribution in [0.3, 0.4) is 0 Å². The second-order valence-corrected chi connectivity index (χ2v) is 8.57. The quantitative estimate of drug-likeness (QED) is 0.253. The first-order valence-corrected chi connectivity index (χ1v) is 10.6. The lowest BCUT2D eigenvalue weighted by atomic mass is 9.98. The summed E-state index contributed by atoms with van der Waals surface area (Å²) in [4.78, 5) is 39.3. The summed E-state index contributed by atoms with van der Waals surface area (Å²) in [6.45, 7) is 0. The number of carbonyl (C=O) groups is 1. The zero-order valence-corrected chi connectivity index (χ0v) is 18.5. The maximum Gasteiger partial charge on any atom is 0.295 e. The van der Waals surface area contributed by atoms with Gasteiger partial charge in [-0.25, -0.2) is 0 Å². The molecule has 2 heterocycles. The second-order valence-electron chi connectivity index (χ2n) is 7.22. The van der Waals surface area contributed by atoms with Crippen molar-refractivity contribution in [2.75, 3.05) is 4.90 Å². The Morgan fingerprint density at radius 3 is 2.50 bits per heavy atom. The molecule has 0 fully saturated rings. The van der Waals surface area contributed by atoms with E-state index < -0.39 is 22.3 Å². The topological polar surface area (TPSA) is 93.7 Å². The Morgan fingerprint density at radius 2 is 1.78 bits per heavy atom. The van der Waals surface area contributed by atoms with E-state index in [-0.39, 0.29) is 28.0 Å². The van der Waals surface area contributed by atoms with Crippen LogP contribution in [0.25, 0.3) is 11.0 Å². The van der Waals surface area contributed by atoms with Crippen LogP contribution in [0.1, 0.15) is 27.7 Å². The van der Waals surface area contributed by atoms with Gasteiger partial charge in [0.1, 0.15) is 5.58 Å². The molecule has 0 spiro atoms. The van der Waals surface area contributed by atoms with Gasteiger partial charge in [-0.05, 0) is 48.0 Å². The predicted molar refractivity (Wildman–Crippen MR) is 123 cm³/mol. The Kier molecular flexibility index (Phi) is 4.83. The molecule has 4 aromatic rings. The average molecular weight is 512 g/mol. The number of carbonyl (C=O) groups excluding carboxylic acids is 1. The summed E-state index contributed by atoms with van der Waals surface area (Å²) in [5.41, 5.74) is 0.737. The lowest BCUT2D eigenvalue weighted by Crippen LogP contribution is -2.29. The molecule has 9 heteroatoms. The number of nitrogens with zero attached hydrogens (tertiary/aromatic N) is 2. The summed E-state index contributed by atoms with van der Waals surface area (Å²) in [5.74, 6) is -0.600. The third-order valence-corrected chi connectivity index (χ3v) is 6.10. The molecule has 3 aromatic carbocycles. The van der Waals surface area contributed by atoms with Crippen LogP contribution in [0.2, 0.25) is 5.02 Å². The summed E-state index contributed by atoms with van der Waals surface area (Å²) in [7, 11) is 0. The fourth-order valence-electron chi connectivity index (χ4n) is 3.94. The van der Waals surface area contributed by atoms with Crippen LogP contribution in [0.15, 0.2) is 80.4 Å². The van der Waals surface area contributed by atoms with E-state index in [1.807, 2.05) is 0 Å². The largest absolute Gasteiger partial charge is 0.450 e. The van der Waals surface area contributed by atoms with Gasteiger partial charge in [0.25, 0.3) is 11.6 Å². The van der Waals surface area contributed by atoms with Crippen LogP contribution in [0.4, 0.5) is 11.4 Å². The molecule has 1 aromatic heterocycles. The first-order valence-electron chi connectivity index (χ1n) is 9.45. The Balaban J connectivity index is 1.82. The minimum absolute atomic E-state index is 0.0933. The molecule has 0 bridgehead atoms. The van der Waals surface area contributed by atoms with Crippen molar-refractivity contribution in [1.29, 1.82) is 0 Å².